The number of fused-ring (bicyclic) bond motifs is 1. The number of aryl methyl sites for hydroxylation is 1. The average molecular weight is 359 g/mol. The zero-order chi connectivity index (χ0) is 18.9. The van der Waals surface area contributed by atoms with E-state index in [1.807, 2.05) is 0 Å². The Morgan fingerprint density at radius 3 is 1.57 bits per heavy atom. The number of benzene rings is 4. The molecule has 0 N–H and O–H groups in total. The van der Waals surface area contributed by atoms with Crippen molar-refractivity contribution in [1.29, 1.82) is 0 Å². The summed E-state index contributed by atoms with van der Waals surface area (Å²) in [6.07, 6.45) is 0. The summed E-state index contributed by atoms with van der Waals surface area (Å²) < 4.78 is 2.41. The predicted molar refractivity (Wildman–Crippen MR) is 119 cm³/mol. The first kappa shape index (κ1) is 16.6. The van der Waals surface area contributed by atoms with E-state index in [9.17, 15) is 0 Å². The summed E-state index contributed by atoms with van der Waals surface area (Å²) in [5.74, 6) is 0. The van der Waals surface area contributed by atoms with Crippen molar-refractivity contribution in [2.75, 3.05) is 0 Å². The Kier molecular flexibility index (Phi) is 4.06. The molecule has 0 spiro atoms. The monoisotopic (exact) mass is 359 g/mol. The van der Waals surface area contributed by atoms with Crippen LogP contribution in [0.1, 0.15) is 5.56 Å². The van der Waals surface area contributed by atoms with Gasteiger partial charge in [-0.2, -0.15) is 0 Å². The van der Waals surface area contributed by atoms with E-state index < -0.39 is 0 Å². The van der Waals surface area contributed by atoms with Crippen molar-refractivity contribution in [2.24, 2.45) is 0 Å². The standard InChI is InChI=1S/C27H21N/c1-20-17-18-24-25(19-20)27(22-13-7-3-8-14-22)28(23-15-9-4-10-16-23)26(24)21-11-5-2-6-12-21/h2-19H,1H3. The maximum atomic E-state index is 2.41. The van der Waals surface area contributed by atoms with Crippen LogP contribution in [0.2, 0.25) is 0 Å². The normalized spacial score (nSPS) is 11.0. The quantitative estimate of drug-likeness (QED) is 0.319. The number of para-hydroxylation sites is 1. The second-order valence-electron chi connectivity index (χ2n) is 7.15. The summed E-state index contributed by atoms with van der Waals surface area (Å²) in [6, 6.07) is 38.8. The first-order chi connectivity index (χ1) is 13.8. The summed E-state index contributed by atoms with van der Waals surface area (Å²) in [5, 5.41) is 2.56. The molecule has 5 aromatic rings. The van der Waals surface area contributed by atoms with Gasteiger partial charge in [0.15, 0.2) is 0 Å². The van der Waals surface area contributed by atoms with Crippen LogP contribution in [0.4, 0.5) is 0 Å². The minimum Gasteiger partial charge on any atom is -0.308 e. The molecule has 1 heteroatoms. The molecule has 0 amide bonds. The fraction of sp³-hybridized carbons (Fsp3) is 0.0370. The van der Waals surface area contributed by atoms with E-state index in [0.29, 0.717) is 0 Å². The summed E-state index contributed by atoms with van der Waals surface area (Å²) in [5.41, 5.74) is 7.38. The van der Waals surface area contributed by atoms with Gasteiger partial charge in [-0.15, -0.1) is 0 Å². The SMILES string of the molecule is Cc1ccc2c(-c3ccccc3)n(-c3ccccc3)c(-c3ccccc3)c2c1. The van der Waals surface area contributed by atoms with Crippen molar-refractivity contribution in [3.63, 3.8) is 0 Å². The molecule has 0 aliphatic heterocycles. The predicted octanol–water partition coefficient (Wildman–Crippen LogP) is 7.27. The molecule has 0 fully saturated rings. The summed E-state index contributed by atoms with van der Waals surface area (Å²) in [7, 11) is 0. The van der Waals surface area contributed by atoms with Gasteiger partial charge >= 0.3 is 0 Å². The highest BCUT2D eigenvalue weighted by atomic mass is 15.0. The van der Waals surface area contributed by atoms with Gasteiger partial charge in [0.25, 0.3) is 0 Å². The van der Waals surface area contributed by atoms with Gasteiger partial charge in [0.05, 0.1) is 11.4 Å². The molecular weight excluding hydrogens is 338 g/mol. The second-order valence-corrected chi connectivity index (χ2v) is 7.15. The molecule has 28 heavy (non-hydrogen) atoms. The van der Waals surface area contributed by atoms with Gasteiger partial charge in [0, 0.05) is 16.5 Å². The van der Waals surface area contributed by atoms with Crippen LogP contribution >= 0.6 is 0 Å². The molecule has 0 unspecified atom stereocenters. The molecule has 1 heterocycles. The zero-order valence-corrected chi connectivity index (χ0v) is 15.8. The molecule has 0 saturated heterocycles. The highest BCUT2D eigenvalue weighted by molar-refractivity contribution is 6.06. The van der Waals surface area contributed by atoms with Crippen LogP contribution in [0.25, 0.3) is 39.0 Å². The molecule has 134 valence electrons. The van der Waals surface area contributed by atoms with Gasteiger partial charge in [-0.25, -0.2) is 0 Å². The first-order valence-electron chi connectivity index (χ1n) is 9.64. The van der Waals surface area contributed by atoms with Crippen molar-refractivity contribution < 1.29 is 0 Å². The number of rotatable bonds is 3. The van der Waals surface area contributed by atoms with Crippen molar-refractivity contribution in [3.05, 3.63) is 115 Å². The van der Waals surface area contributed by atoms with Crippen molar-refractivity contribution in [2.45, 2.75) is 6.92 Å². The van der Waals surface area contributed by atoms with Crippen LogP contribution in [-0.4, -0.2) is 4.57 Å². The van der Waals surface area contributed by atoms with E-state index in [0.717, 1.165) is 0 Å². The summed E-state index contributed by atoms with van der Waals surface area (Å²) in [6.45, 7) is 2.16. The topological polar surface area (TPSA) is 4.93 Å². The van der Waals surface area contributed by atoms with Crippen molar-refractivity contribution >= 4 is 10.8 Å². The maximum Gasteiger partial charge on any atom is 0.0613 e. The molecule has 4 aromatic carbocycles. The number of nitrogens with zero attached hydrogens (tertiary/aromatic N) is 1. The maximum absolute atomic E-state index is 2.41. The van der Waals surface area contributed by atoms with Crippen molar-refractivity contribution in [1.82, 2.24) is 4.57 Å². The van der Waals surface area contributed by atoms with Gasteiger partial charge in [-0.05, 0) is 36.2 Å². The van der Waals surface area contributed by atoms with Gasteiger partial charge in [-0.3, -0.25) is 0 Å². The number of aromatic nitrogens is 1. The van der Waals surface area contributed by atoms with Crippen LogP contribution in [0.3, 0.4) is 0 Å². The lowest BCUT2D eigenvalue weighted by molar-refractivity contribution is 1.10. The number of hydrogen-bond acceptors (Lipinski definition) is 0. The lowest BCUT2D eigenvalue weighted by atomic mass is 10.0. The Labute approximate surface area is 165 Å². The van der Waals surface area contributed by atoms with Gasteiger partial charge in [0.2, 0.25) is 0 Å². The fourth-order valence-corrected chi connectivity index (χ4v) is 4.01. The molecule has 0 aliphatic rings. The van der Waals surface area contributed by atoms with E-state index in [1.54, 1.807) is 0 Å². The summed E-state index contributed by atoms with van der Waals surface area (Å²) >= 11 is 0. The fourth-order valence-electron chi connectivity index (χ4n) is 4.01. The van der Waals surface area contributed by atoms with E-state index >= 15 is 0 Å². The van der Waals surface area contributed by atoms with E-state index in [2.05, 4.69) is 121 Å². The van der Waals surface area contributed by atoms with Gasteiger partial charge in [0.1, 0.15) is 0 Å². The Hall–Kier alpha value is -3.58. The molecule has 0 radical (unpaired) electrons. The van der Waals surface area contributed by atoms with E-state index in [1.165, 1.54) is 44.5 Å². The van der Waals surface area contributed by atoms with Crippen LogP contribution in [0.15, 0.2) is 109 Å². The van der Waals surface area contributed by atoms with Crippen LogP contribution in [0.5, 0.6) is 0 Å². The molecule has 1 nitrogen and oxygen atoms in total. The lowest BCUT2D eigenvalue weighted by Gasteiger charge is -2.14. The summed E-state index contributed by atoms with van der Waals surface area (Å²) in [4.78, 5) is 0. The third kappa shape index (κ3) is 2.73. The van der Waals surface area contributed by atoms with Crippen LogP contribution in [0, 0.1) is 6.92 Å². The second kappa shape index (κ2) is 6.86. The molecule has 0 bridgehead atoms. The number of hydrogen-bond donors (Lipinski definition) is 0. The Morgan fingerprint density at radius 2 is 1.00 bits per heavy atom. The third-order valence-electron chi connectivity index (χ3n) is 5.24. The lowest BCUT2D eigenvalue weighted by Crippen LogP contribution is -1.99. The largest absolute Gasteiger partial charge is 0.308 e. The van der Waals surface area contributed by atoms with E-state index in [-0.39, 0.29) is 0 Å². The third-order valence-corrected chi connectivity index (χ3v) is 5.24. The molecule has 5 rings (SSSR count). The Morgan fingerprint density at radius 1 is 0.500 bits per heavy atom. The molecule has 0 atom stereocenters. The minimum atomic E-state index is 1.18. The average Bonchev–Trinajstić information content (AvgIpc) is 3.10. The molecule has 1 aromatic heterocycles. The Balaban J connectivity index is 1.98. The van der Waals surface area contributed by atoms with Crippen LogP contribution < -0.4 is 0 Å². The van der Waals surface area contributed by atoms with Gasteiger partial charge in [-0.1, -0.05) is 96.6 Å². The zero-order valence-electron chi connectivity index (χ0n) is 15.8. The molecule has 0 aliphatic carbocycles. The first-order valence-corrected chi connectivity index (χ1v) is 9.64. The van der Waals surface area contributed by atoms with Crippen LogP contribution in [-0.2, 0) is 0 Å². The smallest absolute Gasteiger partial charge is 0.0613 e. The minimum absolute atomic E-state index is 1.18. The highest BCUT2D eigenvalue weighted by Gasteiger charge is 2.20. The highest BCUT2D eigenvalue weighted by Crippen LogP contribution is 2.41. The van der Waals surface area contributed by atoms with Gasteiger partial charge < -0.3 is 4.57 Å². The Bertz CT molecular complexity index is 1230. The van der Waals surface area contributed by atoms with E-state index in [4.69, 9.17) is 0 Å². The molecular formula is C27H21N. The molecule has 0 saturated carbocycles. The van der Waals surface area contributed by atoms with Crippen molar-refractivity contribution in [3.8, 4) is 28.2 Å².